The number of aldehydes is 1. The fourth-order valence-corrected chi connectivity index (χ4v) is 4.00. The maximum absolute atomic E-state index is 12.8. The number of unbranched alkanes of at least 4 members (excludes halogenated alkanes) is 2. The number of hydrogen-bond donors (Lipinski definition) is 4. The molecule has 0 saturated carbocycles. The van der Waals surface area contributed by atoms with E-state index in [0.717, 1.165) is 25.7 Å². The summed E-state index contributed by atoms with van der Waals surface area (Å²) in [4.78, 5) is 62.1. The Morgan fingerprint density at radius 2 is 1.17 bits per heavy atom. The van der Waals surface area contributed by atoms with Crippen LogP contribution in [-0.4, -0.2) is 92.2 Å². The molecule has 2 unspecified atom stereocenters. The van der Waals surface area contributed by atoms with Crippen molar-refractivity contribution >= 4 is 29.9 Å². The zero-order chi connectivity index (χ0) is 26.4. The molecule has 36 heavy (non-hydrogen) atoms. The predicted molar refractivity (Wildman–Crippen MR) is 130 cm³/mol. The molecule has 2 rings (SSSR count). The lowest BCUT2D eigenvalue weighted by molar-refractivity contribution is -0.152. The highest BCUT2D eigenvalue weighted by atomic mass is 16.6. The van der Waals surface area contributed by atoms with Crippen LogP contribution in [0.3, 0.4) is 0 Å². The minimum Gasteiger partial charge on any atom is -0.356 e. The first-order valence-corrected chi connectivity index (χ1v) is 12.9. The van der Waals surface area contributed by atoms with E-state index in [2.05, 4.69) is 21.3 Å². The number of hydrogen-bond acceptors (Lipinski definition) is 8. The lowest BCUT2D eigenvalue weighted by Gasteiger charge is -2.29. The van der Waals surface area contributed by atoms with Gasteiger partial charge in [-0.15, -0.1) is 0 Å². The van der Waals surface area contributed by atoms with Crippen LogP contribution in [0.2, 0.25) is 0 Å². The van der Waals surface area contributed by atoms with E-state index in [1.54, 1.807) is 0 Å². The van der Waals surface area contributed by atoms with Crippen LogP contribution in [0.15, 0.2) is 0 Å². The average molecular weight is 512 g/mol. The Labute approximate surface area is 212 Å². The Balaban J connectivity index is 1.78. The van der Waals surface area contributed by atoms with Crippen molar-refractivity contribution in [2.24, 2.45) is 0 Å². The molecule has 0 aromatic carbocycles. The predicted octanol–water partition coefficient (Wildman–Crippen LogP) is -0.436. The van der Waals surface area contributed by atoms with Crippen molar-refractivity contribution in [1.82, 2.24) is 26.2 Å². The molecule has 4 amide bonds. The van der Waals surface area contributed by atoms with Crippen molar-refractivity contribution in [3.63, 3.8) is 0 Å². The number of ether oxygens (including phenoxy) is 2. The molecule has 2 aliphatic rings. The van der Waals surface area contributed by atoms with E-state index in [4.69, 9.17) is 9.47 Å². The molecule has 0 aliphatic carbocycles. The van der Waals surface area contributed by atoms with Gasteiger partial charge in [-0.3, -0.25) is 19.2 Å². The third-order valence-electron chi connectivity index (χ3n) is 6.13. The summed E-state index contributed by atoms with van der Waals surface area (Å²) in [5.74, 6) is -0.983. The quantitative estimate of drug-likeness (QED) is 0.151. The van der Waals surface area contributed by atoms with E-state index in [1.165, 1.54) is 4.90 Å². The van der Waals surface area contributed by atoms with Gasteiger partial charge < -0.3 is 35.5 Å². The van der Waals surface area contributed by atoms with Crippen LogP contribution in [0.5, 0.6) is 0 Å². The van der Waals surface area contributed by atoms with Crippen molar-refractivity contribution in [2.75, 3.05) is 39.4 Å². The number of nitrogens with zero attached hydrogens (tertiary/aromatic N) is 1. The summed E-state index contributed by atoms with van der Waals surface area (Å²) in [7, 11) is 0. The van der Waals surface area contributed by atoms with Crippen LogP contribution in [0.1, 0.15) is 65.2 Å². The first kappa shape index (κ1) is 29.7. The second-order valence-electron chi connectivity index (χ2n) is 9.15. The van der Waals surface area contributed by atoms with Crippen LogP contribution in [-0.2, 0) is 33.4 Å². The van der Waals surface area contributed by atoms with Gasteiger partial charge in [0.2, 0.25) is 11.8 Å². The highest BCUT2D eigenvalue weighted by Crippen LogP contribution is 2.35. The zero-order valence-electron chi connectivity index (χ0n) is 21.4. The van der Waals surface area contributed by atoms with Crippen LogP contribution < -0.4 is 21.3 Å². The molecule has 2 saturated heterocycles. The van der Waals surface area contributed by atoms with Gasteiger partial charge in [-0.05, 0) is 25.7 Å². The van der Waals surface area contributed by atoms with Crippen LogP contribution in [0, 0.1) is 0 Å². The van der Waals surface area contributed by atoms with E-state index in [9.17, 15) is 24.0 Å². The first-order valence-electron chi connectivity index (χ1n) is 12.9. The molecule has 204 valence electrons. The smallest absolute Gasteiger partial charge is 0.264 e. The highest BCUT2D eigenvalue weighted by molar-refractivity contribution is 5.86. The minimum atomic E-state index is -1.20. The third-order valence-corrected chi connectivity index (χ3v) is 6.13. The van der Waals surface area contributed by atoms with Crippen molar-refractivity contribution in [3.05, 3.63) is 0 Å². The van der Waals surface area contributed by atoms with Gasteiger partial charge in [0.1, 0.15) is 11.8 Å². The molecule has 2 fully saturated rings. The molecule has 0 aromatic rings. The summed E-state index contributed by atoms with van der Waals surface area (Å²) in [6.07, 6.45) is 3.96. The van der Waals surface area contributed by atoms with Crippen molar-refractivity contribution in [1.29, 1.82) is 0 Å². The monoisotopic (exact) mass is 511 g/mol. The van der Waals surface area contributed by atoms with Crippen molar-refractivity contribution in [3.8, 4) is 0 Å². The lowest BCUT2D eigenvalue weighted by Crippen LogP contribution is -2.58. The lowest BCUT2D eigenvalue weighted by atomic mass is 10.0. The molecule has 12 heteroatoms. The molecule has 2 aliphatic heterocycles. The second kappa shape index (κ2) is 15.5. The molecule has 2 heterocycles. The molecule has 4 N–H and O–H groups in total. The van der Waals surface area contributed by atoms with Gasteiger partial charge in [-0.2, -0.15) is 0 Å². The van der Waals surface area contributed by atoms with Gasteiger partial charge in [0.05, 0.1) is 13.2 Å². The van der Waals surface area contributed by atoms with Crippen LogP contribution in [0.25, 0.3) is 0 Å². The summed E-state index contributed by atoms with van der Waals surface area (Å²) in [6, 6.07) is 0. The maximum Gasteiger partial charge on any atom is 0.264 e. The summed E-state index contributed by atoms with van der Waals surface area (Å²) in [5, 5.41) is 11.1. The molecule has 0 aromatic heterocycles. The first-order chi connectivity index (χ1) is 17.4. The summed E-state index contributed by atoms with van der Waals surface area (Å²) < 4.78 is 11.2. The van der Waals surface area contributed by atoms with Gasteiger partial charge in [0.15, 0.2) is 12.5 Å². The Bertz CT molecular complexity index is 709. The fraction of sp³-hybridized carbons (Fsp3) is 0.792. The van der Waals surface area contributed by atoms with Crippen molar-refractivity contribution in [2.45, 2.75) is 83.2 Å². The molecular formula is C24H41N5O7. The molecule has 0 spiro atoms. The average Bonchev–Trinajstić information content (AvgIpc) is 3.43. The maximum atomic E-state index is 12.8. The van der Waals surface area contributed by atoms with Crippen LogP contribution in [0.4, 0.5) is 0 Å². The fourth-order valence-electron chi connectivity index (χ4n) is 4.00. The van der Waals surface area contributed by atoms with Gasteiger partial charge >= 0.3 is 0 Å². The number of carbonyl (C=O) groups excluding carboxylic acids is 5. The summed E-state index contributed by atoms with van der Waals surface area (Å²) in [5.41, 5.74) is -1.20. The number of carbonyl (C=O) groups is 5. The number of fused-ring (bicyclic) bond motifs is 1. The van der Waals surface area contributed by atoms with Gasteiger partial charge in [0.25, 0.3) is 11.8 Å². The van der Waals surface area contributed by atoms with E-state index < -0.39 is 29.8 Å². The largest absolute Gasteiger partial charge is 0.356 e. The molecule has 12 nitrogen and oxygen atoms in total. The van der Waals surface area contributed by atoms with E-state index in [0.29, 0.717) is 58.1 Å². The van der Waals surface area contributed by atoms with E-state index in [-0.39, 0.29) is 25.0 Å². The Kier molecular flexibility index (Phi) is 12.8. The van der Waals surface area contributed by atoms with Gasteiger partial charge in [0, 0.05) is 39.0 Å². The number of rotatable bonds is 17. The second-order valence-corrected chi connectivity index (χ2v) is 9.15. The standard InChI is InChI=1S/C24H41N5O7/c1-3-5-9-18(31)25-11-7-13-27-20(33)22-29-23(36-17-24(29,15-30)16-35-22)21(34)28-14-8-12-26-19(32)10-6-4-2/h15,22-23H,3-14,16-17H2,1-2H3,(H,25,31)(H,26,32)(H,27,33)(H,28,34). The third kappa shape index (κ3) is 8.52. The molecular weight excluding hydrogens is 470 g/mol. The van der Waals surface area contributed by atoms with Gasteiger partial charge in [-0.25, -0.2) is 4.90 Å². The summed E-state index contributed by atoms with van der Waals surface area (Å²) in [6.45, 7) is 5.39. The summed E-state index contributed by atoms with van der Waals surface area (Å²) >= 11 is 0. The molecule has 2 atom stereocenters. The normalized spacial score (nSPS) is 23.1. The van der Waals surface area contributed by atoms with E-state index >= 15 is 0 Å². The zero-order valence-corrected chi connectivity index (χ0v) is 21.4. The molecule has 0 radical (unpaired) electrons. The van der Waals surface area contributed by atoms with Crippen LogP contribution >= 0.6 is 0 Å². The highest BCUT2D eigenvalue weighted by Gasteiger charge is 2.60. The number of nitrogens with one attached hydrogen (secondary N) is 4. The molecule has 0 bridgehead atoms. The SMILES string of the molecule is CCCCC(=O)NCCCNC(=O)C1OCC2(C=O)COC(C(=O)NCCCNC(=O)CCCC)N12. The topological polar surface area (TPSA) is 155 Å². The Morgan fingerprint density at radius 3 is 1.56 bits per heavy atom. The number of amides is 4. The van der Waals surface area contributed by atoms with Crippen molar-refractivity contribution < 1.29 is 33.4 Å². The van der Waals surface area contributed by atoms with E-state index in [1.807, 2.05) is 13.8 Å². The van der Waals surface area contributed by atoms with Gasteiger partial charge in [-0.1, -0.05) is 26.7 Å². The minimum absolute atomic E-state index is 0.0139. The Morgan fingerprint density at radius 1 is 0.750 bits per heavy atom. The Hall–Kier alpha value is -2.57.